The summed E-state index contributed by atoms with van der Waals surface area (Å²) >= 11 is 6.12. The molecule has 0 spiro atoms. The number of carboxylic acids is 1. The Balaban J connectivity index is 2.34. The molecule has 0 unspecified atom stereocenters. The van der Waals surface area contributed by atoms with Gasteiger partial charge in [-0.1, -0.05) is 56.7 Å². The van der Waals surface area contributed by atoms with Crippen LogP contribution in [0.3, 0.4) is 0 Å². The predicted molar refractivity (Wildman–Crippen MR) is 87.0 cm³/mol. The molecule has 0 aromatic heterocycles. The molecule has 0 heterocycles. The van der Waals surface area contributed by atoms with E-state index in [2.05, 4.69) is 6.92 Å². The highest BCUT2D eigenvalue weighted by Gasteiger charge is 2.02. The highest BCUT2D eigenvalue weighted by Crippen LogP contribution is 2.26. The molecule has 21 heavy (non-hydrogen) atoms. The van der Waals surface area contributed by atoms with E-state index in [-0.39, 0.29) is 0 Å². The summed E-state index contributed by atoms with van der Waals surface area (Å²) in [4.78, 5) is 10.4. The first-order chi connectivity index (χ1) is 10.1. The predicted octanol–water partition coefficient (Wildman–Crippen LogP) is 5.18. The molecule has 4 heteroatoms. The fourth-order valence-electron chi connectivity index (χ4n) is 1.97. The van der Waals surface area contributed by atoms with E-state index in [9.17, 15) is 4.79 Å². The third-order valence-corrected chi connectivity index (χ3v) is 3.43. The quantitative estimate of drug-likeness (QED) is 0.478. The second kappa shape index (κ2) is 10.3. The molecule has 1 rings (SSSR count). The maximum absolute atomic E-state index is 10.4. The highest BCUT2D eigenvalue weighted by atomic mass is 35.5. The van der Waals surface area contributed by atoms with E-state index in [1.807, 2.05) is 0 Å². The normalized spacial score (nSPS) is 11.0. The third kappa shape index (κ3) is 7.76. The monoisotopic (exact) mass is 310 g/mol. The molecule has 0 aliphatic rings. The number of ether oxygens (including phenoxy) is 1. The summed E-state index contributed by atoms with van der Waals surface area (Å²) in [6.45, 7) is 2.87. The Kier molecular flexibility index (Phi) is 8.60. The Morgan fingerprint density at radius 2 is 1.95 bits per heavy atom. The lowest BCUT2D eigenvalue weighted by atomic mass is 10.1. The number of benzene rings is 1. The van der Waals surface area contributed by atoms with Gasteiger partial charge in [0.05, 0.1) is 11.6 Å². The first-order valence-corrected chi connectivity index (χ1v) is 7.84. The maximum atomic E-state index is 10.4. The first-order valence-electron chi connectivity index (χ1n) is 7.47. The molecule has 0 saturated heterocycles. The third-order valence-electron chi connectivity index (χ3n) is 3.13. The van der Waals surface area contributed by atoms with Gasteiger partial charge < -0.3 is 9.84 Å². The van der Waals surface area contributed by atoms with Crippen LogP contribution in [0.25, 0.3) is 6.08 Å². The molecule has 3 nitrogen and oxygen atoms in total. The van der Waals surface area contributed by atoms with Crippen LogP contribution in [0.15, 0.2) is 24.3 Å². The Bertz CT molecular complexity index is 469. The molecule has 0 saturated carbocycles. The minimum Gasteiger partial charge on any atom is -0.492 e. The van der Waals surface area contributed by atoms with Gasteiger partial charge in [-0.25, -0.2) is 4.79 Å². The molecule has 0 amide bonds. The van der Waals surface area contributed by atoms with E-state index in [0.717, 1.165) is 18.1 Å². The molecule has 0 aliphatic carbocycles. The van der Waals surface area contributed by atoms with Crippen molar-refractivity contribution >= 4 is 23.6 Å². The number of unbranched alkanes of at least 4 members (excludes halogenated alkanes) is 5. The fraction of sp³-hybridized carbons (Fsp3) is 0.471. The van der Waals surface area contributed by atoms with Crippen LogP contribution < -0.4 is 4.74 Å². The molecule has 116 valence electrons. The van der Waals surface area contributed by atoms with Gasteiger partial charge in [0.15, 0.2) is 0 Å². The standard InChI is InChI=1S/C17H23ClO3/c1-2-3-4-5-6-7-12-21-16-10-8-14(13-15(16)18)9-11-17(19)20/h8-11,13H,2-7,12H2,1H3,(H,19,20). The number of hydrogen-bond acceptors (Lipinski definition) is 2. The van der Waals surface area contributed by atoms with Crippen molar-refractivity contribution in [2.75, 3.05) is 6.61 Å². The molecule has 1 N–H and O–H groups in total. The minimum absolute atomic E-state index is 0.508. The van der Waals surface area contributed by atoms with Gasteiger partial charge >= 0.3 is 5.97 Å². The highest BCUT2D eigenvalue weighted by molar-refractivity contribution is 6.32. The van der Waals surface area contributed by atoms with Crippen molar-refractivity contribution in [3.8, 4) is 5.75 Å². The van der Waals surface area contributed by atoms with Gasteiger partial charge in [-0.3, -0.25) is 0 Å². The summed E-state index contributed by atoms with van der Waals surface area (Å²) in [5.74, 6) is -0.327. The largest absolute Gasteiger partial charge is 0.492 e. The Morgan fingerprint density at radius 1 is 1.24 bits per heavy atom. The van der Waals surface area contributed by atoms with Crippen LogP contribution in [-0.2, 0) is 4.79 Å². The molecular formula is C17H23ClO3. The SMILES string of the molecule is CCCCCCCCOc1ccc(C=CC(=O)O)cc1Cl. The van der Waals surface area contributed by atoms with Crippen LogP contribution in [0.1, 0.15) is 51.0 Å². The van der Waals surface area contributed by atoms with Gasteiger partial charge in [-0.15, -0.1) is 0 Å². The number of hydrogen-bond donors (Lipinski definition) is 1. The Labute approximate surface area is 131 Å². The topological polar surface area (TPSA) is 46.5 Å². The van der Waals surface area contributed by atoms with Crippen LogP contribution in [0, 0.1) is 0 Å². The maximum Gasteiger partial charge on any atom is 0.328 e. The summed E-state index contributed by atoms with van der Waals surface area (Å²) in [5.41, 5.74) is 0.745. The van der Waals surface area contributed by atoms with E-state index in [1.54, 1.807) is 18.2 Å². The number of halogens is 1. The lowest BCUT2D eigenvalue weighted by molar-refractivity contribution is -0.131. The first kappa shape index (κ1) is 17.6. The summed E-state index contributed by atoms with van der Waals surface area (Å²) in [7, 11) is 0. The van der Waals surface area contributed by atoms with Gasteiger partial charge in [0.25, 0.3) is 0 Å². The molecule has 0 bridgehead atoms. The van der Waals surface area contributed by atoms with Crippen molar-refractivity contribution in [3.05, 3.63) is 34.9 Å². The lowest BCUT2D eigenvalue weighted by Crippen LogP contribution is -1.98. The van der Waals surface area contributed by atoms with Gasteiger partial charge in [0.2, 0.25) is 0 Å². The molecule has 1 aromatic carbocycles. The number of carbonyl (C=O) groups is 1. The summed E-state index contributed by atoms with van der Waals surface area (Å²) in [5, 5.41) is 9.08. The van der Waals surface area contributed by atoms with Crippen molar-refractivity contribution in [1.82, 2.24) is 0 Å². The number of rotatable bonds is 10. The summed E-state index contributed by atoms with van der Waals surface area (Å²) in [6.07, 6.45) is 9.91. The molecular weight excluding hydrogens is 288 g/mol. The molecule has 1 aromatic rings. The van der Waals surface area contributed by atoms with Crippen LogP contribution >= 0.6 is 11.6 Å². The van der Waals surface area contributed by atoms with Gasteiger partial charge in [0.1, 0.15) is 5.75 Å². The van der Waals surface area contributed by atoms with Crippen LogP contribution in [0.2, 0.25) is 5.02 Å². The Morgan fingerprint density at radius 3 is 2.62 bits per heavy atom. The Hall–Kier alpha value is -1.48. The molecule has 0 radical (unpaired) electrons. The van der Waals surface area contributed by atoms with E-state index in [0.29, 0.717) is 17.4 Å². The van der Waals surface area contributed by atoms with E-state index in [1.165, 1.54) is 38.2 Å². The van der Waals surface area contributed by atoms with Crippen molar-refractivity contribution < 1.29 is 14.6 Å². The average Bonchev–Trinajstić information content (AvgIpc) is 2.46. The van der Waals surface area contributed by atoms with E-state index < -0.39 is 5.97 Å². The average molecular weight is 311 g/mol. The van der Waals surface area contributed by atoms with Crippen molar-refractivity contribution in [1.29, 1.82) is 0 Å². The zero-order valence-corrected chi connectivity index (χ0v) is 13.2. The molecule has 0 fully saturated rings. The van der Waals surface area contributed by atoms with Crippen molar-refractivity contribution in [2.45, 2.75) is 45.4 Å². The molecule has 0 atom stereocenters. The number of aliphatic carboxylic acids is 1. The number of carboxylic acid groups (broad SMARTS) is 1. The van der Waals surface area contributed by atoms with Crippen molar-refractivity contribution in [3.63, 3.8) is 0 Å². The van der Waals surface area contributed by atoms with E-state index >= 15 is 0 Å². The second-order valence-electron chi connectivity index (χ2n) is 4.98. The van der Waals surface area contributed by atoms with Crippen LogP contribution in [0.5, 0.6) is 5.75 Å². The van der Waals surface area contributed by atoms with E-state index in [4.69, 9.17) is 21.4 Å². The van der Waals surface area contributed by atoms with Crippen LogP contribution in [0.4, 0.5) is 0 Å². The zero-order valence-electron chi connectivity index (χ0n) is 12.5. The minimum atomic E-state index is -0.977. The van der Waals surface area contributed by atoms with Gasteiger partial charge in [-0.2, -0.15) is 0 Å². The zero-order chi connectivity index (χ0) is 15.5. The fourth-order valence-corrected chi connectivity index (χ4v) is 2.21. The van der Waals surface area contributed by atoms with Gasteiger partial charge in [0, 0.05) is 6.08 Å². The van der Waals surface area contributed by atoms with Crippen LogP contribution in [-0.4, -0.2) is 17.7 Å². The van der Waals surface area contributed by atoms with Gasteiger partial charge in [-0.05, 0) is 30.2 Å². The second-order valence-corrected chi connectivity index (χ2v) is 5.38. The molecule has 0 aliphatic heterocycles. The lowest BCUT2D eigenvalue weighted by Gasteiger charge is -2.08. The summed E-state index contributed by atoms with van der Waals surface area (Å²) in [6, 6.07) is 5.28. The van der Waals surface area contributed by atoms with Crippen molar-refractivity contribution in [2.24, 2.45) is 0 Å². The summed E-state index contributed by atoms with van der Waals surface area (Å²) < 4.78 is 5.65. The smallest absolute Gasteiger partial charge is 0.328 e.